The molecule has 0 atom stereocenters. The van der Waals surface area contributed by atoms with Gasteiger partial charge in [0.1, 0.15) is 5.82 Å². The van der Waals surface area contributed by atoms with Crippen molar-refractivity contribution in [3.63, 3.8) is 0 Å². The standard InChI is InChI=1S/C14H16FNO2S2/c1-10-7-13(15)8-11(2)14(10)20(17,18)16-5-3-12-4-6-19-9-12/h4,6-9,16H,3,5H2,1-2H3. The van der Waals surface area contributed by atoms with Crippen molar-refractivity contribution < 1.29 is 12.8 Å². The molecular formula is C14H16FNO2S2. The molecule has 108 valence electrons. The molecule has 0 amide bonds. The molecule has 2 rings (SSSR count). The summed E-state index contributed by atoms with van der Waals surface area (Å²) in [7, 11) is -3.60. The molecule has 0 aliphatic heterocycles. The van der Waals surface area contributed by atoms with Gasteiger partial charge in [0.05, 0.1) is 4.90 Å². The van der Waals surface area contributed by atoms with Gasteiger partial charge in [-0.15, -0.1) is 0 Å². The maximum atomic E-state index is 13.2. The van der Waals surface area contributed by atoms with Crippen LogP contribution in [0, 0.1) is 19.7 Å². The van der Waals surface area contributed by atoms with E-state index >= 15 is 0 Å². The summed E-state index contributed by atoms with van der Waals surface area (Å²) in [5, 5.41) is 3.95. The molecule has 1 aromatic carbocycles. The van der Waals surface area contributed by atoms with Gasteiger partial charge in [0.2, 0.25) is 10.0 Å². The topological polar surface area (TPSA) is 46.2 Å². The van der Waals surface area contributed by atoms with Gasteiger partial charge in [-0.2, -0.15) is 11.3 Å². The number of benzene rings is 1. The highest BCUT2D eigenvalue weighted by molar-refractivity contribution is 7.89. The minimum atomic E-state index is -3.60. The van der Waals surface area contributed by atoms with Gasteiger partial charge >= 0.3 is 0 Å². The molecule has 0 aliphatic carbocycles. The SMILES string of the molecule is Cc1cc(F)cc(C)c1S(=O)(=O)NCCc1ccsc1. The van der Waals surface area contributed by atoms with Crippen LogP contribution in [-0.2, 0) is 16.4 Å². The monoisotopic (exact) mass is 313 g/mol. The van der Waals surface area contributed by atoms with E-state index < -0.39 is 15.8 Å². The Hall–Kier alpha value is -1.24. The molecule has 1 N–H and O–H groups in total. The highest BCUT2D eigenvalue weighted by Crippen LogP contribution is 2.21. The van der Waals surface area contributed by atoms with Crippen LogP contribution in [0.3, 0.4) is 0 Å². The predicted octanol–water partition coefficient (Wildman–Crippen LogP) is 3.03. The summed E-state index contributed by atoms with van der Waals surface area (Å²) >= 11 is 1.58. The molecule has 0 radical (unpaired) electrons. The Bertz CT molecular complexity index is 671. The fourth-order valence-corrected chi connectivity index (χ4v) is 4.34. The molecule has 0 bridgehead atoms. The molecular weight excluding hydrogens is 297 g/mol. The van der Waals surface area contributed by atoms with Gasteiger partial charge in [-0.25, -0.2) is 17.5 Å². The van der Waals surface area contributed by atoms with Gasteiger partial charge in [0.15, 0.2) is 0 Å². The molecule has 0 saturated heterocycles. The summed E-state index contributed by atoms with van der Waals surface area (Å²) in [6.07, 6.45) is 0.641. The van der Waals surface area contributed by atoms with Gasteiger partial charge in [-0.1, -0.05) is 0 Å². The van der Waals surface area contributed by atoms with Gasteiger partial charge in [0, 0.05) is 6.54 Å². The average Bonchev–Trinajstić information content (AvgIpc) is 2.79. The van der Waals surface area contributed by atoms with Crippen molar-refractivity contribution in [1.29, 1.82) is 0 Å². The van der Waals surface area contributed by atoms with Gasteiger partial charge in [0.25, 0.3) is 0 Å². The third-order valence-corrected chi connectivity index (χ3v) is 5.48. The van der Waals surface area contributed by atoms with Crippen molar-refractivity contribution >= 4 is 21.4 Å². The van der Waals surface area contributed by atoms with E-state index in [0.717, 1.165) is 5.56 Å². The smallest absolute Gasteiger partial charge is 0.211 e. The lowest BCUT2D eigenvalue weighted by molar-refractivity contribution is 0.579. The Morgan fingerprint density at radius 1 is 1.25 bits per heavy atom. The first-order valence-electron chi connectivity index (χ1n) is 6.17. The van der Waals surface area contributed by atoms with Crippen molar-refractivity contribution in [2.24, 2.45) is 0 Å². The molecule has 1 heterocycles. The summed E-state index contributed by atoms with van der Waals surface area (Å²) in [5.74, 6) is -0.419. The second kappa shape index (κ2) is 6.03. The van der Waals surface area contributed by atoms with E-state index in [1.165, 1.54) is 12.1 Å². The number of hydrogen-bond donors (Lipinski definition) is 1. The molecule has 2 aromatic rings. The maximum Gasteiger partial charge on any atom is 0.241 e. The zero-order chi connectivity index (χ0) is 14.8. The molecule has 1 aromatic heterocycles. The van der Waals surface area contributed by atoms with Crippen LogP contribution in [-0.4, -0.2) is 15.0 Å². The molecule has 6 heteroatoms. The number of aryl methyl sites for hydroxylation is 2. The molecule has 0 spiro atoms. The average molecular weight is 313 g/mol. The van der Waals surface area contributed by atoms with Crippen LogP contribution in [0.1, 0.15) is 16.7 Å². The van der Waals surface area contributed by atoms with Crippen LogP contribution < -0.4 is 4.72 Å². The number of halogens is 1. The van der Waals surface area contributed by atoms with Crippen LogP contribution in [0.25, 0.3) is 0 Å². The number of nitrogens with one attached hydrogen (secondary N) is 1. The molecule has 0 unspecified atom stereocenters. The third kappa shape index (κ3) is 3.45. The molecule has 3 nitrogen and oxygen atoms in total. The minimum absolute atomic E-state index is 0.171. The highest BCUT2D eigenvalue weighted by atomic mass is 32.2. The van der Waals surface area contributed by atoms with Crippen molar-refractivity contribution in [2.45, 2.75) is 25.2 Å². The van der Waals surface area contributed by atoms with E-state index in [2.05, 4.69) is 4.72 Å². The summed E-state index contributed by atoms with van der Waals surface area (Å²) in [6, 6.07) is 4.44. The Kier molecular flexibility index (Phi) is 4.57. The lowest BCUT2D eigenvalue weighted by Crippen LogP contribution is -2.27. The van der Waals surface area contributed by atoms with Crippen LogP contribution in [0.15, 0.2) is 33.9 Å². The summed E-state index contributed by atoms with van der Waals surface area (Å²) in [6.45, 7) is 3.53. The first-order chi connectivity index (χ1) is 9.40. The molecule has 20 heavy (non-hydrogen) atoms. The molecule has 0 aliphatic rings. The van der Waals surface area contributed by atoms with E-state index in [1.807, 2.05) is 16.8 Å². The number of thiophene rings is 1. The van der Waals surface area contributed by atoms with E-state index in [4.69, 9.17) is 0 Å². The quantitative estimate of drug-likeness (QED) is 0.922. The predicted molar refractivity (Wildman–Crippen MR) is 79.1 cm³/mol. The summed E-state index contributed by atoms with van der Waals surface area (Å²) < 4.78 is 40.4. The first kappa shape index (κ1) is 15.2. The fraction of sp³-hybridized carbons (Fsp3) is 0.286. The van der Waals surface area contributed by atoms with Crippen molar-refractivity contribution in [3.8, 4) is 0 Å². The third-order valence-electron chi connectivity index (χ3n) is 2.98. The number of hydrogen-bond acceptors (Lipinski definition) is 3. The molecule has 0 fully saturated rings. The lowest BCUT2D eigenvalue weighted by atomic mass is 10.1. The van der Waals surface area contributed by atoms with Crippen LogP contribution in [0.2, 0.25) is 0 Å². The Morgan fingerprint density at radius 3 is 2.45 bits per heavy atom. The number of sulfonamides is 1. The summed E-state index contributed by atoms with van der Waals surface area (Å²) in [4.78, 5) is 0.171. The normalized spacial score (nSPS) is 11.8. The fourth-order valence-electron chi connectivity index (χ4n) is 2.16. The van der Waals surface area contributed by atoms with E-state index in [-0.39, 0.29) is 4.90 Å². The number of rotatable bonds is 5. The van der Waals surface area contributed by atoms with Crippen molar-refractivity contribution in [3.05, 3.63) is 51.5 Å². The first-order valence-corrected chi connectivity index (χ1v) is 8.60. The Morgan fingerprint density at radius 2 is 1.90 bits per heavy atom. The lowest BCUT2D eigenvalue weighted by Gasteiger charge is -2.12. The second-order valence-corrected chi connectivity index (χ2v) is 7.13. The second-order valence-electron chi connectivity index (χ2n) is 4.65. The molecule has 0 saturated carbocycles. The zero-order valence-corrected chi connectivity index (χ0v) is 12.9. The minimum Gasteiger partial charge on any atom is -0.211 e. The van der Waals surface area contributed by atoms with Crippen molar-refractivity contribution in [1.82, 2.24) is 4.72 Å². The van der Waals surface area contributed by atoms with Crippen LogP contribution in [0.5, 0.6) is 0 Å². The van der Waals surface area contributed by atoms with Gasteiger partial charge in [-0.05, 0) is 65.9 Å². The Labute approximate surface area is 122 Å². The van der Waals surface area contributed by atoms with E-state index in [9.17, 15) is 12.8 Å². The van der Waals surface area contributed by atoms with Crippen LogP contribution >= 0.6 is 11.3 Å². The van der Waals surface area contributed by atoms with Gasteiger partial charge in [-0.3, -0.25) is 0 Å². The largest absolute Gasteiger partial charge is 0.241 e. The Balaban J connectivity index is 2.14. The highest BCUT2D eigenvalue weighted by Gasteiger charge is 2.19. The van der Waals surface area contributed by atoms with Crippen molar-refractivity contribution in [2.75, 3.05) is 6.54 Å². The van der Waals surface area contributed by atoms with Gasteiger partial charge < -0.3 is 0 Å². The zero-order valence-electron chi connectivity index (χ0n) is 11.3. The van der Waals surface area contributed by atoms with E-state index in [1.54, 1.807) is 25.2 Å². The van der Waals surface area contributed by atoms with Crippen LogP contribution in [0.4, 0.5) is 4.39 Å². The maximum absolute atomic E-state index is 13.2. The van der Waals surface area contributed by atoms with E-state index in [0.29, 0.717) is 24.1 Å². The summed E-state index contributed by atoms with van der Waals surface area (Å²) in [5.41, 5.74) is 1.95.